The van der Waals surface area contributed by atoms with Crippen LogP contribution in [-0.4, -0.2) is 78.2 Å². The summed E-state index contributed by atoms with van der Waals surface area (Å²) >= 11 is 0. The summed E-state index contributed by atoms with van der Waals surface area (Å²) in [5.74, 6) is 3.37. The molecule has 1 aromatic rings. The Morgan fingerprint density at radius 2 is 1.72 bits per heavy atom. The third kappa shape index (κ3) is 2.87. The van der Waals surface area contributed by atoms with E-state index in [9.17, 15) is 4.79 Å². The number of ether oxygens (including phenoxy) is 2. The van der Waals surface area contributed by atoms with Gasteiger partial charge in [-0.3, -0.25) is 14.6 Å². The van der Waals surface area contributed by atoms with Crippen molar-refractivity contribution in [1.82, 2.24) is 14.7 Å². The highest BCUT2D eigenvalue weighted by atomic mass is 16.7. The normalized spacial score (nSPS) is 36.4. The fraction of sp³-hybridized carbons (Fsp3) is 0.696. The summed E-state index contributed by atoms with van der Waals surface area (Å²) in [6, 6.07) is 8.49. The molecule has 0 saturated carbocycles. The summed E-state index contributed by atoms with van der Waals surface area (Å²) in [6.45, 7) is 7.51. The molecule has 1 amide bonds. The summed E-state index contributed by atoms with van der Waals surface area (Å²) in [5.41, 5.74) is 1.40. The zero-order chi connectivity index (χ0) is 19.5. The highest BCUT2D eigenvalue weighted by Crippen LogP contribution is 2.49. The van der Waals surface area contributed by atoms with E-state index in [-0.39, 0.29) is 5.91 Å². The van der Waals surface area contributed by atoms with Gasteiger partial charge in [-0.1, -0.05) is 6.07 Å². The minimum atomic E-state index is 0.226. The van der Waals surface area contributed by atoms with Gasteiger partial charge in [-0.05, 0) is 62.4 Å². The quantitative estimate of drug-likeness (QED) is 0.766. The van der Waals surface area contributed by atoms with Gasteiger partial charge in [0.15, 0.2) is 11.5 Å². The number of fused-ring (bicyclic) bond motifs is 3. The van der Waals surface area contributed by atoms with E-state index in [0.29, 0.717) is 30.8 Å². The van der Waals surface area contributed by atoms with Gasteiger partial charge in [0.05, 0.1) is 0 Å². The molecule has 0 radical (unpaired) electrons. The van der Waals surface area contributed by atoms with E-state index in [1.807, 2.05) is 4.90 Å². The maximum absolute atomic E-state index is 11.8. The van der Waals surface area contributed by atoms with E-state index in [1.165, 1.54) is 31.5 Å². The van der Waals surface area contributed by atoms with Gasteiger partial charge in [0.1, 0.15) is 0 Å². The molecule has 6 aliphatic rings. The molecular formula is C23H31N3O3. The van der Waals surface area contributed by atoms with Crippen LogP contribution in [0, 0.1) is 5.92 Å². The van der Waals surface area contributed by atoms with Gasteiger partial charge in [-0.15, -0.1) is 0 Å². The topological polar surface area (TPSA) is 45.3 Å². The smallest absolute Gasteiger partial charge is 0.231 e. The number of carbonyl (C=O) groups excluding carboxylic acids is 1. The highest BCUT2D eigenvalue weighted by Gasteiger charge is 2.54. The average molecular weight is 398 g/mol. The van der Waals surface area contributed by atoms with Crippen LogP contribution in [-0.2, 0) is 4.79 Å². The number of hydrogen-bond acceptors (Lipinski definition) is 5. The first kappa shape index (κ1) is 18.0. The Hall–Kier alpha value is -1.79. The first-order valence-electron chi connectivity index (χ1n) is 11.3. The van der Waals surface area contributed by atoms with Crippen LogP contribution in [0.5, 0.6) is 11.5 Å². The maximum Gasteiger partial charge on any atom is 0.231 e. The summed E-state index contributed by atoms with van der Waals surface area (Å²) in [7, 11) is 0. The van der Waals surface area contributed by atoms with Crippen molar-refractivity contribution in [3.05, 3.63) is 23.8 Å². The second-order valence-electron chi connectivity index (χ2n) is 9.51. The number of hydrogen-bond donors (Lipinski definition) is 0. The molecule has 29 heavy (non-hydrogen) atoms. The minimum absolute atomic E-state index is 0.226. The molecule has 5 fully saturated rings. The van der Waals surface area contributed by atoms with Crippen molar-refractivity contribution in [2.45, 2.75) is 56.7 Å². The van der Waals surface area contributed by atoms with Crippen molar-refractivity contribution >= 4 is 5.91 Å². The van der Waals surface area contributed by atoms with Crippen LogP contribution in [0.15, 0.2) is 18.2 Å². The van der Waals surface area contributed by atoms with Crippen molar-refractivity contribution in [3.63, 3.8) is 0 Å². The zero-order valence-corrected chi connectivity index (χ0v) is 17.3. The van der Waals surface area contributed by atoms with Gasteiger partial charge in [-0.2, -0.15) is 0 Å². The molecule has 0 aromatic heterocycles. The first-order valence-corrected chi connectivity index (χ1v) is 11.3. The van der Waals surface area contributed by atoms with Crippen molar-refractivity contribution in [3.8, 4) is 11.5 Å². The number of nitrogens with zero attached hydrogens (tertiary/aromatic N) is 3. The molecule has 5 saturated heterocycles. The van der Waals surface area contributed by atoms with Gasteiger partial charge in [0.2, 0.25) is 12.7 Å². The van der Waals surface area contributed by atoms with Crippen LogP contribution in [0.2, 0.25) is 0 Å². The van der Waals surface area contributed by atoms with Crippen molar-refractivity contribution in [2.75, 3.05) is 39.5 Å². The lowest BCUT2D eigenvalue weighted by Crippen LogP contribution is -2.61. The number of amides is 1. The van der Waals surface area contributed by atoms with Crippen molar-refractivity contribution in [2.24, 2.45) is 5.92 Å². The second-order valence-corrected chi connectivity index (χ2v) is 9.51. The van der Waals surface area contributed by atoms with E-state index >= 15 is 0 Å². The van der Waals surface area contributed by atoms with Gasteiger partial charge in [-0.25, -0.2) is 0 Å². The van der Waals surface area contributed by atoms with Gasteiger partial charge in [0, 0.05) is 50.6 Å². The molecule has 1 aromatic carbocycles. The first-order chi connectivity index (χ1) is 14.2. The lowest BCUT2D eigenvalue weighted by Gasteiger charge is -2.53. The molecule has 3 atom stereocenters. The Labute approximate surface area is 172 Å². The summed E-state index contributed by atoms with van der Waals surface area (Å²) in [4.78, 5) is 19.4. The molecule has 2 bridgehead atoms. The fourth-order valence-electron chi connectivity index (χ4n) is 6.82. The average Bonchev–Trinajstić information content (AvgIpc) is 3.40. The van der Waals surface area contributed by atoms with Crippen LogP contribution < -0.4 is 9.47 Å². The molecule has 6 aliphatic heterocycles. The van der Waals surface area contributed by atoms with Crippen LogP contribution in [0.4, 0.5) is 0 Å². The Balaban J connectivity index is 1.29. The maximum atomic E-state index is 11.8. The van der Waals surface area contributed by atoms with E-state index in [1.54, 1.807) is 6.92 Å². The van der Waals surface area contributed by atoms with E-state index in [2.05, 4.69) is 28.0 Å². The molecule has 6 heterocycles. The SMILES string of the molecule is CC(=O)N1CCC(N2C[C@@H](c3ccc4c(c3)OCO4)[C@@H]3[C@H]2C2CCN3CC2)CC1. The van der Waals surface area contributed by atoms with E-state index in [0.717, 1.165) is 49.9 Å². The third-order valence-corrected chi connectivity index (χ3v) is 8.24. The van der Waals surface area contributed by atoms with Crippen LogP contribution >= 0.6 is 0 Å². The molecule has 156 valence electrons. The second kappa shape index (κ2) is 6.88. The van der Waals surface area contributed by atoms with Crippen LogP contribution in [0.3, 0.4) is 0 Å². The highest BCUT2D eigenvalue weighted by molar-refractivity contribution is 5.73. The van der Waals surface area contributed by atoms with Crippen LogP contribution in [0.1, 0.15) is 44.1 Å². The van der Waals surface area contributed by atoms with E-state index < -0.39 is 0 Å². The van der Waals surface area contributed by atoms with Crippen molar-refractivity contribution in [1.29, 1.82) is 0 Å². The largest absolute Gasteiger partial charge is 0.454 e. The van der Waals surface area contributed by atoms with Crippen molar-refractivity contribution < 1.29 is 14.3 Å². The monoisotopic (exact) mass is 397 g/mol. The molecule has 6 nitrogen and oxygen atoms in total. The third-order valence-electron chi connectivity index (χ3n) is 8.24. The fourth-order valence-corrected chi connectivity index (χ4v) is 6.82. The standard InChI is InChI=1S/C23H31N3O3/c1-15(27)24-10-6-18(7-11-24)26-13-19(17-2-3-20-21(12-17)29-14-28-20)23-22(26)16-4-8-25(23)9-5-16/h2-3,12,16,18-19,22-23H,4-11,13-14H2,1H3/t19-,22+,23+/m0/s1. The molecule has 7 rings (SSSR count). The molecular weight excluding hydrogens is 366 g/mol. The summed E-state index contributed by atoms with van der Waals surface area (Å²) in [6.07, 6.45) is 4.92. The minimum Gasteiger partial charge on any atom is -0.454 e. The number of likely N-dealkylation sites (tertiary alicyclic amines) is 2. The van der Waals surface area contributed by atoms with Gasteiger partial charge >= 0.3 is 0 Å². The van der Waals surface area contributed by atoms with Gasteiger partial charge < -0.3 is 14.4 Å². The van der Waals surface area contributed by atoms with Gasteiger partial charge in [0.25, 0.3) is 0 Å². The predicted molar refractivity (Wildman–Crippen MR) is 109 cm³/mol. The number of piperidine rings is 4. The number of benzene rings is 1. The Morgan fingerprint density at radius 3 is 2.48 bits per heavy atom. The molecule has 0 N–H and O–H groups in total. The lowest BCUT2D eigenvalue weighted by molar-refractivity contribution is -0.130. The lowest BCUT2D eigenvalue weighted by atomic mass is 9.75. The predicted octanol–water partition coefficient (Wildman–Crippen LogP) is 2.29. The molecule has 0 spiro atoms. The Morgan fingerprint density at radius 1 is 0.966 bits per heavy atom. The zero-order valence-electron chi connectivity index (χ0n) is 17.3. The molecule has 0 unspecified atom stereocenters. The Bertz CT molecular complexity index is 799. The molecule has 0 aliphatic carbocycles. The van der Waals surface area contributed by atoms with Crippen LogP contribution in [0.25, 0.3) is 0 Å². The van der Waals surface area contributed by atoms with E-state index in [4.69, 9.17) is 9.47 Å². The summed E-state index contributed by atoms with van der Waals surface area (Å²) < 4.78 is 11.2. The Kier molecular flexibility index (Phi) is 4.27. The number of carbonyl (C=O) groups is 1. The number of rotatable bonds is 2. The molecule has 6 heteroatoms. The summed E-state index contributed by atoms with van der Waals surface area (Å²) in [5, 5.41) is 0.